The first-order valence-electron chi connectivity index (χ1n) is 8.31. The second-order valence-electron chi connectivity index (χ2n) is 6.15. The van der Waals surface area contributed by atoms with Gasteiger partial charge in [0.25, 0.3) is 0 Å². The minimum absolute atomic E-state index is 0.0505. The highest BCUT2D eigenvalue weighted by Gasteiger charge is 2.36. The minimum Gasteiger partial charge on any atom is -0.419 e. The second-order valence-corrected chi connectivity index (χ2v) is 6.54. The molecule has 3 aromatic rings. The van der Waals surface area contributed by atoms with Crippen molar-refractivity contribution in [1.29, 1.82) is 0 Å². The summed E-state index contributed by atoms with van der Waals surface area (Å²) >= 11 is 5.68. The van der Waals surface area contributed by atoms with E-state index in [1.54, 1.807) is 0 Å². The Bertz CT molecular complexity index is 1100. The Balaban J connectivity index is 1.94. The molecule has 0 N–H and O–H groups in total. The summed E-state index contributed by atoms with van der Waals surface area (Å²) in [6, 6.07) is 5.23. The largest absolute Gasteiger partial charge is 0.419 e. The van der Waals surface area contributed by atoms with Crippen molar-refractivity contribution in [2.24, 2.45) is 0 Å². The lowest BCUT2D eigenvalue weighted by atomic mass is 10.1. The predicted molar refractivity (Wildman–Crippen MR) is 97.4 cm³/mol. The van der Waals surface area contributed by atoms with Gasteiger partial charge in [0.2, 0.25) is 11.8 Å². The predicted octanol–water partition coefficient (Wildman–Crippen LogP) is 5.92. The molecule has 0 aliphatic heterocycles. The molecule has 0 aliphatic carbocycles. The topological polar surface area (TPSA) is 59.4 Å². The van der Waals surface area contributed by atoms with Crippen molar-refractivity contribution in [1.82, 2.24) is 15.2 Å². The molecule has 1 aromatic carbocycles. The Kier molecular flexibility index (Phi) is 6.08. The van der Waals surface area contributed by atoms with Crippen LogP contribution in [0.5, 0.6) is 0 Å². The number of hydrogen-bond acceptors (Lipinski definition) is 5. The van der Waals surface area contributed by atoms with Crippen molar-refractivity contribution >= 4 is 23.0 Å². The van der Waals surface area contributed by atoms with Gasteiger partial charge in [0, 0.05) is 11.9 Å². The van der Waals surface area contributed by atoms with E-state index in [0.29, 0.717) is 16.5 Å². The van der Waals surface area contributed by atoms with Crippen LogP contribution in [0.1, 0.15) is 11.5 Å². The van der Waals surface area contributed by atoms with Crippen molar-refractivity contribution in [3.63, 3.8) is 0 Å². The SMILES string of the molecule is [C-]#[N+]c1ccc(N(Cc2nnc(-c3ccc(Cl)nc3)o2)CC(F)(F)F)cc1C(F)(F)F. The van der Waals surface area contributed by atoms with Gasteiger partial charge in [-0.2, -0.15) is 26.3 Å². The number of aromatic nitrogens is 3. The molecule has 0 saturated heterocycles. The van der Waals surface area contributed by atoms with E-state index in [-0.39, 0.29) is 16.9 Å². The normalized spacial score (nSPS) is 11.9. The maximum atomic E-state index is 13.2. The first-order chi connectivity index (χ1) is 14.5. The summed E-state index contributed by atoms with van der Waals surface area (Å²) in [7, 11) is 0. The molecular formula is C18H10ClF6N5O. The van der Waals surface area contributed by atoms with Crippen LogP contribution < -0.4 is 4.90 Å². The van der Waals surface area contributed by atoms with Gasteiger partial charge in [0.05, 0.1) is 24.2 Å². The number of anilines is 1. The fraction of sp³-hybridized carbons (Fsp3) is 0.222. The van der Waals surface area contributed by atoms with E-state index in [1.807, 2.05) is 0 Å². The van der Waals surface area contributed by atoms with Gasteiger partial charge in [-0.1, -0.05) is 17.7 Å². The van der Waals surface area contributed by atoms with Crippen LogP contribution in [0, 0.1) is 6.57 Å². The third-order valence-corrected chi connectivity index (χ3v) is 4.13. The third-order valence-electron chi connectivity index (χ3n) is 3.91. The van der Waals surface area contributed by atoms with Crippen molar-refractivity contribution < 1.29 is 30.8 Å². The summed E-state index contributed by atoms with van der Waals surface area (Å²) < 4.78 is 84.2. The van der Waals surface area contributed by atoms with Gasteiger partial charge >= 0.3 is 12.4 Å². The molecule has 0 spiro atoms. The molecule has 31 heavy (non-hydrogen) atoms. The molecule has 0 atom stereocenters. The van der Waals surface area contributed by atoms with Crippen molar-refractivity contribution in [3.8, 4) is 11.5 Å². The van der Waals surface area contributed by atoms with E-state index >= 15 is 0 Å². The Morgan fingerprint density at radius 2 is 1.81 bits per heavy atom. The molecule has 3 rings (SSSR count). The monoisotopic (exact) mass is 461 g/mol. The third kappa shape index (κ3) is 5.64. The molecule has 0 saturated carbocycles. The highest BCUT2D eigenvalue weighted by Crippen LogP contribution is 2.39. The molecule has 0 aliphatic rings. The zero-order valence-corrected chi connectivity index (χ0v) is 15.9. The van der Waals surface area contributed by atoms with Gasteiger partial charge < -0.3 is 9.32 Å². The lowest BCUT2D eigenvalue weighted by molar-refractivity contribution is -0.136. The smallest absolute Gasteiger partial charge is 0.407 e. The average Bonchev–Trinajstić information content (AvgIpc) is 3.14. The quantitative estimate of drug-likeness (QED) is 0.268. The summed E-state index contributed by atoms with van der Waals surface area (Å²) in [5.41, 5.74) is -2.12. The Hall–Kier alpha value is -3.33. The van der Waals surface area contributed by atoms with Crippen LogP contribution in [0.3, 0.4) is 0 Å². The molecule has 2 heterocycles. The Morgan fingerprint density at radius 1 is 1.06 bits per heavy atom. The van der Waals surface area contributed by atoms with E-state index < -0.39 is 42.4 Å². The molecule has 6 nitrogen and oxygen atoms in total. The number of rotatable bonds is 5. The second kappa shape index (κ2) is 8.43. The van der Waals surface area contributed by atoms with Crippen LogP contribution in [0.15, 0.2) is 40.9 Å². The van der Waals surface area contributed by atoms with Crippen LogP contribution in [0.25, 0.3) is 16.3 Å². The molecule has 0 radical (unpaired) electrons. The highest BCUT2D eigenvalue weighted by molar-refractivity contribution is 6.29. The molecular weight excluding hydrogens is 452 g/mol. The van der Waals surface area contributed by atoms with Crippen LogP contribution in [0.2, 0.25) is 5.15 Å². The molecule has 13 heteroatoms. The first-order valence-corrected chi connectivity index (χ1v) is 8.69. The number of benzene rings is 1. The van der Waals surface area contributed by atoms with Gasteiger partial charge in [-0.05, 0) is 24.3 Å². The molecule has 162 valence electrons. The maximum absolute atomic E-state index is 13.2. The van der Waals surface area contributed by atoms with Gasteiger partial charge in [-0.25, -0.2) is 9.83 Å². The fourth-order valence-corrected chi connectivity index (χ4v) is 2.71. The van der Waals surface area contributed by atoms with Crippen LogP contribution in [-0.4, -0.2) is 27.9 Å². The highest BCUT2D eigenvalue weighted by atomic mass is 35.5. The fourth-order valence-electron chi connectivity index (χ4n) is 2.60. The van der Waals surface area contributed by atoms with Gasteiger partial charge in [0.1, 0.15) is 11.7 Å². The number of alkyl halides is 6. The number of nitrogens with zero attached hydrogens (tertiary/aromatic N) is 5. The molecule has 0 unspecified atom stereocenters. The van der Waals surface area contributed by atoms with Crippen molar-refractivity contribution in [3.05, 3.63) is 64.6 Å². The van der Waals surface area contributed by atoms with E-state index in [9.17, 15) is 26.3 Å². The lowest BCUT2D eigenvalue weighted by Gasteiger charge is -2.25. The van der Waals surface area contributed by atoms with Gasteiger partial charge in [-0.15, -0.1) is 10.2 Å². The molecule has 0 fully saturated rings. The maximum Gasteiger partial charge on any atom is 0.407 e. The van der Waals surface area contributed by atoms with Crippen LogP contribution in [-0.2, 0) is 12.7 Å². The van der Waals surface area contributed by atoms with Crippen LogP contribution >= 0.6 is 11.6 Å². The van der Waals surface area contributed by atoms with Crippen molar-refractivity contribution in [2.75, 3.05) is 11.4 Å². The lowest BCUT2D eigenvalue weighted by Crippen LogP contribution is -2.34. The number of pyridine rings is 1. The summed E-state index contributed by atoms with van der Waals surface area (Å²) in [5, 5.41) is 7.57. The van der Waals surface area contributed by atoms with E-state index in [0.717, 1.165) is 12.1 Å². The minimum atomic E-state index is -4.92. The van der Waals surface area contributed by atoms with Crippen LogP contribution in [0.4, 0.5) is 37.7 Å². The zero-order valence-electron chi connectivity index (χ0n) is 15.2. The molecule has 2 aromatic heterocycles. The number of halogens is 7. The first kappa shape index (κ1) is 22.4. The Labute approximate surface area is 175 Å². The van der Waals surface area contributed by atoms with E-state index in [1.165, 1.54) is 18.3 Å². The Morgan fingerprint density at radius 3 is 2.39 bits per heavy atom. The average molecular weight is 462 g/mol. The van der Waals surface area contributed by atoms with Gasteiger partial charge in [-0.3, -0.25) is 0 Å². The van der Waals surface area contributed by atoms with E-state index in [2.05, 4.69) is 20.0 Å². The molecule has 0 amide bonds. The zero-order chi connectivity index (χ0) is 22.8. The molecule has 0 bridgehead atoms. The number of hydrogen-bond donors (Lipinski definition) is 0. The van der Waals surface area contributed by atoms with E-state index in [4.69, 9.17) is 22.6 Å². The summed E-state index contributed by atoms with van der Waals surface area (Å²) in [6.07, 6.45) is -8.34. The summed E-state index contributed by atoms with van der Waals surface area (Å²) in [4.78, 5) is 7.19. The summed E-state index contributed by atoms with van der Waals surface area (Å²) in [6.45, 7) is 4.64. The summed E-state index contributed by atoms with van der Waals surface area (Å²) in [5.74, 6) is -0.317. The van der Waals surface area contributed by atoms with Crippen molar-refractivity contribution in [2.45, 2.75) is 18.9 Å². The standard InChI is InChI=1S/C18H10ClF6N5O/c1-26-13-4-3-11(6-12(13)18(23,24)25)30(9-17(20,21)22)8-15-28-29-16(31-15)10-2-5-14(19)27-7-10/h2-7H,8-9H2. The van der Waals surface area contributed by atoms with Gasteiger partial charge in [0.15, 0.2) is 5.69 Å².